The minimum absolute atomic E-state index is 0.149. The Morgan fingerprint density at radius 2 is 1.69 bits per heavy atom. The molecule has 3 amide bonds. The van der Waals surface area contributed by atoms with Crippen LogP contribution in [0.2, 0.25) is 0 Å². The molecule has 0 aromatic heterocycles. The van der Waals surface area contributed by atoms with E-state index >= 15 is 0 Å². The van der Waals surface area contributed by atoms with E-state index in [-0.39, 0.29) is 36.8 Å². The number of nitrogens with zero attached hydrogens (tertiary/aromatic N) is 1. The molecule has 162 valence electrons. The van der Waals surface area contributed by atoms with E-state index in [4.69, 9.17) is 4.74 Å². The number of hydrogen-bond donors (Lipinski definition) is 2. The highest BCUT2D eigenvalue weighted by molar-refractivity contribution is 6.07. The third-order valence-electron chi connectivity index (χ3n) is 5.14. The highest BCUT2D eigenvalue weighted by Gasteiger charge is 2.30. The molecule has 1 aliphatic heterocycles. The van der Waals surface area contributed by atoms with Gasteiger partial charge in [0.2, 0.25) is 5.91 Å². The van der Waals surface area contributed by atoms with Crippen molar-refractivity contribution in [2.75, 3.05) is 22.1 Å². The van der Waals surface area contributed by atoms with E-state index in [1.807, 2.05) is 31.2 Å². The molecule has 1 aliphatic rings. The highest BCUT2D eigenvalue weighted by Crippen LogP contribution is 2.31. The van der Waals surface area contributed by atoms with Gasteiger partial charge < -0.3 is 20.3 Å². The summed E-state index contributed by atoms with van der Waals surface area (Å²) >= 11 is 0. The van der Waals surface area contributed by atoms with E-state index in [0.29, 0.717) is 28.4 Å². The second kappa shape index (κ2) is 9.34. The van der Waals surface area contributed by atoms with Crippen molar-refractivity contribution in [1.82, 2.24) is 0 Å². The first-order valence-electron chi connectivity index (χ1n) is 10.3. The van der Waals surface area contributed by atoms with Crippen LogP contribution in [0.25, 0.3) is 0 Å². The van der Waals surface area contributed by atoms with Gasteiger partial charge in [-0.05, 0) is 43.3 Å². The number of carbonyl (C=O) groups excluding carboxylic acids is 3. The minimum atomic E-state index is -0.341. The Morgan fingerprint density at radius 3 is 2.50 bits per heavy atom. The van der Waals surface area contributed by atoms with Crippen molar-refractivity contribution >= 4 is 34.8 Å². The quantitative estimate of drug-likeness (QED) is 0.640. The van der Waals surface area contributed by atoms with E-state index in [1.54, 1.807) is 59.5 Å². The molecule has 3 aromatic carbocycles. The molecule has 0 aliphatic carbocycles. The van der Waals surface area contributed by atoms with Gasteiger partial charge in [0.25, 0.3) is 11.8 Å². The Kier molecular flexibility index (Phi) is 6.17. The zero-order valence-electron chi connectivity index (χ0n) is 17.6. The number of amides is 3. The summed E-state index contributed by atoms with van der Waals surface area (Å²) in [5, 5.41) is 5.65. The monoisotopic (exact) mass is 429 g/mol. The predicted molar refractivity (Wildman–Crippen MR) is 123 cm³/mol. The molecule has 32 heavy (non-hydrogen) atoms. The molecule has 0 saturated carbocycles. The fourth-order valence-corrected chi connectivity index (χ4v) is 3.68. The van der Waals surface area contributed by atoms with Crippen LogP contribution in [0.1, 0.15) is 23.7 Å². The lowest BCUT2D eigenvalue weighted by molar-refractivity contribution is -0.121. The van der Waals surface area contributed by atoms with Gasteiger partial charge in [-0.3, -0.25) is 14.4 Å². The van der Waals surface area contributed by atoms with Gasteiger partial charge in [-0.2, -0.15) is 0 Å². The number of anilines is 3. The van der Waals surface area contributed by atoms with Crippen LogP contribution in [-0.2, 0) is 9.59 Å². The summed E-state index contributed by atoms with van der Waals surface area (Å²) in [6, 6.07) is 22.7. The van der Waals surface area contributed by atoms with Crippen molar-refractivity contribution < 1.29 is 19.1 Å². The topological polar surface area (TPSA) is 87.7 Å². The van der Waals surface area contributed by atoms with Crippen molar-refractivity contribution in [3.05, 3.63) is 84.4 Å². The third-order valence-corrected chi connectivity index (χ3v) is 5.14. The number of hydrogen-bond acceptors (Lipinski definition) is 4. The molecule has 7 nitrogen and oxygen atoms in total. The van der Waals surface area contributed by atoms with E-state index in [1.165, 1.54) is 0 Å². The minimum Gasteiger partial charge on any atom is -0.483 e. The SMILES string of the molecule is C[C@H]1CC(=O)Nc2ccccc2N1C(=O)COc1ccccc1C(=O)Nc1ccccc1. The van der Waals surface area contributed by atoms with Gasteiger partial charge in [0, 0.05) is 18.2 Å². The van der Waals surface area contributed by atoms with Crippen molar-refractivity contribution in [1.29, 1.82) is 0 Å². The van der Waals surface area contributed by atoms with Crippen LogP contribution >= 0.6 is 0 Å². The molecule has 7 heteroatoms. The zero-order chi connectivity index (χ0) is 22.5. The second-order valence-electron chi connectivity index (χ2n) is 7.49. The summed E-state index contributed by atoms with van der Waals surface area (Å²) in [6.07, 6.45) is 0.177. The molecule has 0 saturated heterocycles. The fraction of sp³-hybridized carbons (Fsp3) is 0.160. The van der Waals surface area contributed by atoms with Crippen LogP contribution in [0.5, 0.6) is 5.75 Å². The number of nitrogens with one attached hydrogen (secondary N) is 2. The van der Waals surface area contributed by atoms with Crippen molar-refractivity contribution in [2.45, 2.75) is 19.4 Å². The first-order chi connectivity index (χ1) is 15.5. The van der Waals surface area contributed by atoms with Gasteiger partial charge in [-0.25, -0.2) is 0 Å². The molecule has 1 heterocycles. The Morgan fingerprint density at radius 1 is 1.00 bits per heavy atom. The Balaban J connectivity index is 1.51. The molecule has 1 atom stereocenters. The standard InChI is InChI=1S/C25H23N3O4/c1-17-15-23(29)27-20-12-6-7-13-21(20)28(17)24(30)16-32-22-14-8-5-11-19(22)25(31)26-18-9-3-2-4-10-18/h2-14,17H,15-16H2,1H3,(H,26,31)(H,27,29)/t17-/m0/s1. The van der Waals surface area contributed by atoms with E-state index in [9.17, 15) is 14.4 Å². The normalized spacial score (nSPS) is 15.2. The number of benzene rings is 3. The summed E-state index contributed by atoms with van der Waals surface area (Å²) in [7, 11) is 0. The Labute approximate surface area is 186 Å². The Bertz CT molecular complexity index is 1150. The fourth-order valence-electron chi connectivity index (χ4n) is 3.68. The Hall–Kier alpha value is -4.13. The molecule has 3 aromatic rings. The van der Waals surface area contributed by atoms with Gasteiger partial charge in [-0.1, -0.05) is 42.5 Å². The first kappa shape index (κ1) is 21.1. The lowest BCUT2D eigenvalue weighted by Gasteiger charge is -2.27. The maximum absolute atomic E-state index is 13.1. The van der Waals surface area contributed by atoms with E-state index in [2.05, 4.69) is 10.6 Å². The zero-order valence-corrected chi connectivity index (χ0v) is 17.6. The molecular weight excluding hydrogens is 406 g/mol. The van der Waals surface area contributed by atoms with Crippen LogP contribution in [0, 0.1) is 0 Å². The summed E-state index contributed by atoms with van der Waals surface area (Å²) in [6.45, 7) is 1.54. The number of ether oxygens (including phenoxy) is 1. The van der Waals surface area contributed by atoms with Crippen molar-refractivity contribution in [3.63, 3.8) is 0 Å². The van der Waals surface area contributed by atoms with E-state index < -0.39 is 0 Å². The molecule has 0 spiro atoms. The van der Waals surface area contributed by atoms with Crippen molar-refractivity contribution in [3.8, 4) is 5.75 Å². The number of fused-ring (bicyclic) bond motifs is 1. The number of carbonyl (C=O) groups is 3. The lowest BCUT2D eigenvalue weighted by Crippen LogP contribution is -2.41. The van der Waals surface area contributed by atoms with E-state index in [0.717, 1.165) is 0 Å². The van der Waals surface area contributed by atoms with Crippen LogP contribution in [0.4, 0.5) is 17.1 Å². The molecule has 0 bridgehead atoms. The van der Waals surface area contributed by atoms with Crippen LogP contribution in [0.15, 0.2) is 78.9 Å². The second-order valence-corrected chi connectivity index (χ2v) is 7.49. The maximum atomic E-state index is 13.1. The number of para-hydroxylation sites is 4. The van der Waals surface area contributed by atoms with Gasteiger partial charge >= 0.3 is 0 Å². The average Bonchev–Trinajstić information content (AvgIpc) is 2.92. The summed E-state index contributed by atoms with van der Waals surface area (Å²) in [5.41, 5.74) is 2.19. The molecular formula is C25H23N3O4. The molecule has 2 N–H and O–H groups in total. The van der Waals surface area contributed by atoms with Gasteiger partial charge in [0.05, 0.1) is 16.9 Å². The highest BCUT2D eigenvalue weighted by atomic mass is 16.5. The molecule has 0 radical (unpaired) electrons. The number of rotatable bonds is 5. The summed E-state index contributed by atoms with van der Waals surface area (Å²) in [4.78, 5) is 39.6. The largest absolute Gasteiger partial charge is 0.483 e. The lowest BCUT2D eigenvalue weighted by atomic mass is 10.1. The van der Waals surface area contributed by atoms with Crippen LogP contribution in [0.3, 0.4) is 0 Å². The van der Waals surface area contributed by atoms with Gasteiger partial charge in [-0.15, -0.1) is 0 Å². The van der Waals surface area contributed by atoms with Gasteiger partial charge in [0.1, 0.15) is 5.75 Å². The molecule has 4 rings (SSSR count). The summed E-state index contributed by atoms with van der Waals surface area (Å²) < 4.78 is 5.78. The first-order valence-corrected chi connectivity index (χ1v) is 10.3. The van der Waals surface area contributed by atoms with Crippen LogP contribution in [-0.4, -0.2) is 30.4 Å². The molecule has 0 unspecified atom stereocenters. The van der Waals surface area contributed by atoms with Crippen LogP contribution < -0.4 is 20.3 Å². The summed E-state index contributed by atoms with van der Waals surface area (Å²) in [5.74, 6) is -0.481. The predicted octanol–water partition coefficient (Wildman–Crippen LogP) is 4.08. The average molecular weight is 429 g/mol. The molecule has 0 fully saturated rings. The third kappa shape index (κ3) is 4.62. The maximum Gasteiger partial charge on any atom is 0.265 e. The van der Waals surface area contributed by atoms with Gasteiger partial charge in [0.15, 0.2) is 6.61 Å². The van der Waals surface area contributed by atoms with Crippen molar-refractivity contribution in [2.24, 2.45) is 0 Å². The smallest absolute Gasteiger partial charge is 0.265 e.